The minimum atomic E-state index is -0.863. The third-order valence-electron chi connectivity index (χ3n) is 14.3. The van der Waals surface area contributed by atoms with Gasteiger partial charge >= 0.3 is 6.09 Å². The van der Waals surface area contributed by atoms with Crippen molar-refractivity contribution in [3.63, 3.8) is 0 Å². The standard InChI is InChI=1S/C54H96N2O4/c57-53(58)56-45-52(46-56)60-51-40-38-50(39-41-51)44-55-47-54(48-55)42-36-34-32-30-28-26-24-22-20-18-16-14-12-10-8-6-4-2-1-3-5-7-9-11-13-15-17-19-21-23-25-27-29-31-33-35-37-43-59-49-54/h38-41,52H,1-37,42-49H2,(H,57,58). The average Bonchev–Trinajstić information content (AvgIpc) is 3.21. The van der Waals surface area contributed by atoms with Gasteiger partial charge in [-0.3, -0.25) is 4.90 Å². The molecule has 0 unspecified atom stereocenters. The highest BCUT2D eigenvalue weighted by atomic mass is 16.5. The van der Waals surface area contributed by atoms with Gasteiger partial charge < -0.3 is 19.5 Å². The molecule has 6 heteroatoms. The second-order valence-electron chi connectivity index (χ2n) is 20.1. The van der Waals surface area contributed by atoms with Gasteiger partial charge in [0.1, 0.15) is 11.9 Å². The van der Waals surface area contributed by atoms with Gasteiger partial charge in [0.05, 0.1) is 19.7 Å². The predicted octanol–water partition coefficient (Wildman–Crippen LogP) is 16.1. The van der Waals surface area contributed by atoms with E-state index in [4.69, 9.17) is 14.6 Å². The number of carbonyl (C=O) groups is 1. The Morgan fingerprint density at radius 1 is 0.517 bits per heavy atom. The van der Waals surface area contributed by atoms with E-state index in [-0.39, 0.29) is 6.10 Å². The molecule has 4 rings (SSSR count). The van der Waals surface area contributed by atoms with E-state index in [9.17, 15) is 4.79 Å². The van der Waals surface area contributed by atoms with Gasteiger partial charge in [-0.25, -0.2) is 4.79 Å². The topological polar surface area (TPSA) is 62.2 Å². The van der Waals surface area contributed by atoms with E-state index in [0.29, 0.717) is 18.5 Å². The molecular formula is C54H96N2O4. The summed E-state index contributed by atoms with van der Waals surface area (Å²) in [5.74, 6) is 0.833. The van der Waals surface area contributed by atoms with Crippen LogP contribution in [-0.4, -0.2) is 66.5 Å². The summed E-state index contributed by atoms with van der Waals surface area (Å²) in [6, 6.07) is 8.45. The summed E-state index contributed by atoms with van der Waals surface area (Å²) in [6.45, 7) is 6.00. The molecule has 0 atom stereocenters. The molecular weight excluding hydrogens is 741 g/mol. The van der Waals surface area contributed by atoms with Crippen LogP contribution in [0.25, 0.3) is 0 Å². The van der Waals surface area contributed by atoms with Gasteiger partial charge in [-0.2, -0.15) is 0 Å². The molecule has 3 fully saturated rings. The molecule has 346 valence electrons. The molecule has 0 aromatic heterocycles. The Morgan fingerprint density at radius 3 is 1.20 bits per heavy atom. The largest absolute Gasteiger partial charge is 0.487 e. The molecule has 3 aliphatic heterocycles. The van der Waals surface area contributed by atoms with Crippen LogP contribution in [-0.2, 0) is 11.3 Å². The van der Waals surface area contributed by atoms with E-state index in [0.717, 1.165) is 38.6 Å². The summed E-state index contributed by atoms with van der Waals surface area (Å²) in [7, 11) is 0. The van der Waals surface area contributed by atoms with Gasteiger partial charge in [-0.05, 0) is 30.5 Å². The van der Waals surface area contributed by atoms with Crippen molar-refractivity contribution >= 4 is 6.09 Å². The maximum Gasteiger partial charge on any atom is 0.407 e. The number of hydrogen-bond donors (Lipinski definition) is 1. The van der Waals surface area contributed by atoms with Crippen LogP contribution >= 0.6 is 0 Å². The summed E-state index contributed by atoms with van der Waals surface area (Å²) in [4.78, 5) is 15.1. The van der Waals surface area contributed by atoms with E-state index >= 15 is 0 Å². The highest BCUT2D eigenvalue weighted by molar-refractivity contribution is 5.66. The molecule has 1 N–H and O–H groups in total. The molecule has 0 radical (unpaired) electrons. The van der Waals surface area contributed by atoms with Crippen molar-refractivity contribution in [1.82, 2.24) is 9.80 Å². The predicted molar refractivity (Wildman–Crippen MR) is 254 cm³/mol. The first kappa shape index (κ1) is 50.9. The molecule has 6 nitrogen and oxygen atoms in total. The molecule has 0 saturated carbocycles. The normalized spacial score (nSPS) is 23.8. The van der Waals surface area contributed by atoms with E-state index in [1.807, 2.05) is 12.1 Å². The number of hydrogen-bond acceptors (Lipinski definition) is 4. The number of ether oxygens (including phenoxy) is 2. The lowest BCUT2D eigenvalue weighted by molar-refractivity contribution is -0.0764. The highest BCUT2D eigenvalue weighted by Gasteiger charge is 2.42. The fraction of sp³-hybridized carbons (Fsp3) is 0.870. The van der Waals surface area contributed by atoms with Crippen LogP contribution in [0.15, 0.2) is 24.3 Å². The van der Waals surface area contributed by atoms with Gasteiger partial charge in [0.15, 0.2) is 0 Å². The zero-order valence-electron chi connectivity index (χ0n) is 39.3. The van der Waals surface area contributed by atoms with Gasteiger partial charge in [0.2, 0.25) is 0 Å². The maximum absolute atomic E-state index is 11.1. The van der Waals surface area contributed by atoms with Gasteiger partial charge in [0.25, 0.3) is 0 Å². The Kier molecular flexibility index (Phi) is 28.6. The van der Waals surface area contributed by atoms with Crippen LogP contribution in [0.2, 0.25) is 0 Å². The Bertz CT molecular complexity index is 1100. The van der Waals surface area contributed by atoms with E-state index in [2.05, 4.69) is 17.0 Å². The number of rotatable bonds is 4. The van der Waals surface area contributed by atoms with Crippen LogP contribution in [0.1, 0.15) is 250 Å². The average molecular weight is 837 g/mol. The van der Waals surface area contributed by atoms with Crippen molar-refractivity contribution in [3.05, 3.63) is 29.8 Å². The van der Waals surface area contributed by atoms with Crippen molar-refractivity contribution in [2.24, 2.45) is 5.41 Å². The van der Waals surface area contributed by atoms with Crippen LogP contribution < -0.4 is 4.74 Å². The summed E-state index contributed by atoms with van der Waals surface area (Å²) in [5, 5.41) is 9.09. The molecule has 3 heterocycles. The van der Waals surface area contributed by atoms with E-state index < -0.39 is 6.09 Å². The van der Waals surface area contributed by atoms with E-state index in [1.165, 1.54) is 254 Å². The quantitative estimate of drug-likeness (QED) is 0.327. The third-order valence-corrected chi connectivity index (χ3v) is 14.3. The number of nitrogens with zero attached hydrogens (tertiary/aromatic N) is 2. The summed E-state index contributed by atoms with van der Waals surface area (Å²) < 4.78 is 12.4. The molecule has 1 amide bonds. The second kappa shape index (κ2) is 33.7. The van der Waals surface area contributed by atoms with E-state index in [1.54, 1.807) is 0 Å². The Morgan fingerprint density at radius 2 is 0.850 bits per heavy atom. The fourth-order valence-electron chi connectivity index (χ4n) is 10.3. The number of carboxylic acid groups (broad SMARTS) is 1. The zero-order chi connectivity index (χ0) is 42.0. The first-order valence-corrected chi connectivity index (χ1v) is 26.7. The minimum absolute atomic E-state index is 0.0348. The second-order valence-corrected chi connectivity index (χ2v) is 20.1. The lowest BCUT2D eigenvalue weighted by Gasteiger charge is -2.50. The summed E-state index contributed by atoms with van der Waals surface area (Å²) in [6.07, 6.45) is 53.6. The van der Waals surface area contributed by atoms with Gasteiger partial charge in [0, 0.05) is 31.7 Å². The summed E-state index contributed by atoms with van der Waals surface area (Å²) >= 11 is 0. The van der Waals surface area contributed by atoms with Crippen molar-refractivity contribution in [2.45, 2.75) is 257 Å². The van der Waals surface area contributed by atoms with Crippen molar-refractivity contribution in [1.29, 1.82) is 0 Å². The fourth-order valence-corrected chi connectivity index (χ4v) is 10.3. The lowest BCUT2D eigenvalue weighted by atomic mass is 9.75. The monoisotopic (exact) mass is 837 g/mol. The first-order valence-electron chi connectivity index (χ1n) is 26.7. The Balaban J connectivity index is 1.09. The molecule has 3 saturated heterocycles. The van der Waals surface area contributed by atoms with Gasteiger partial charge in [-0.1, -0.05) is 243 Å². The lowest BCUT2D eigenvalue weighted by Crippen LogP contribution is -2.58. The van der Waals surface area contributed by atoms with Crippen molar-refractivity contribution in [2.75, 3.05) is 39.4 Å². The van der Waals surface area contributed by atoms with Crippen molar-refractivity contribution in [3.8, 4) is 5.75 Å². The highest BCUT2D eigenvalue weighted by Crippen LogP contribution is 2.38. The number of likely N-dealkylation sites (tertiary alicyclic amines) is 2. The number of benzene rings is 1. The molecule has 0 aliphatic carbocycles. The van der Waals surface area contributed by atoms with Crippen LogP contribution in [0.4, 0.5) is 4.79 Å². The molecule has 3 aliphatic rings. The molecule has 1 spiro atoms. The smallest absolute Gasteiger partial charge is 0.407 e. The first-order chi connectivity index (χ1) is 29.6. The third kappa shape index (κ3) is 24.2. The SMILES string of the molecule is O=C(O)N1CC(Oc2ccc(CN3CC4(CCCCCCCCCCCCCCCCCCCCCCCCCCCCCCCCCCCCCCCOC4)C3)cc2)C1. The minimum Gasteiger partial charge on any atom is -0.487 e. The Labute approximate surface area is 371 Å². The Hall–Kier alpha value is -1.79. The van der Waals surface area contributed by atoms with Crippen LogP contribution in [0.5, 0.6) is 5.75 Å². The maximum atomic E-state index is 11.1. The molecule has 0 bridgehead atoms. The van der Waals surface area contributed by atoms with Crippen LogP contribution in [0, 0.1) is 5.41 Å². The molecule has 1 aromatic carbocycles. The molecule has 60 heavy (non-hydrogen) atoms. The number of amides is 1. The summed E-state index contributed by atoms with van der Waals surface area (Å²) in [5.41, 5.74) is 1.63. The van der Waals surface area contributed by atoms with Crippen LogP contribution in [0.3, 0.4) is 0 Å². The van der Waals surface area contributed by atoms with Gasteiger partial charge in [-0.15, -0.1) is 0 Å². The zero-order valence-corrected chi connectivity index (χ0v) is 39.3. The molecule has 1 aromatic rings. The van der Waals surface area contributed by atoms with Crippen molar-refractivity contribution < 1.29 is 19.4 Å².